The molecule has 1 aliphatic rings. The van der Waals surface area contributed by atoms with Crippen molar-refractivity contribution in [3.63, 3.8) is 0 Å². The van der Waals surface area contributed by atoms with Gasteiger partial charge in [0, 0.05) is 23.5 Å². The Kier molecular flexibility index (Phi) is 4.11. The van der Waals surface area contributed by atoms with Crippen LogP contribution in [0.5, 0.6) is 0 Å². The molecule has 2 heterocycles. The molecule has 1 unspecified atom stereocenters. The van der Waals surface area contributed by atoms with Gasteiger partial charge in [-0.05, 0) is 31.9 Å². The molecule has 1 aromatic heterocycles. The molecular formula is C17H21ClN2. The summed E-state index contributed by atoms with van der Waals surface area (Å²) in [4.78, 5) is 7.36. The van der Waals surface area contributed by atoms with Crippen LogP contribution >= 0.6 is 11.6 Å². The van der Waals surface area contributed by atoms with Crippen LogP contribution in [0.2, 0.25) is 0 Å². The summed E-state index contributed by atoms with van der Waals surface area (Å²) >= 11 is 6.17. The second kappa shape index (κ2) is 6.01. The zero-order chi connectivity index (χ0) is 13.9. The SMILES string of the molecule is CC1CCCCCN1c1nc2ccccc2cc1CCl. The van der Waals surface area contributed by atoms with E-state index in [1.165, 1.54) is 31.1 Å². The van der Waals surface area contributed by atoms with Gasteiger partial charge >= 0.3 is 0 Å². The number of nitrogens with zero attached hydrogens (tertiary/aromatic N) is 2. The maximum atomic E-state index is 6.17. The molecule has 0 saturated carbocycles. The first-order chi connectivity index (χ1) is 9.79. The van der Waals surface area contributed by atoms with E-state index < -0.39 is 0 Å². The number of aromatic nitrogens is 1. The number of hydrogen-bond acceptors (Lipinski definition) is 2. The highest BCUT2D eigenvalue weighted by Gasteiger charge is 2.21. The third-order valence-corrected chi connectivity index (χ3v) is 4.54. The zero-order valence-electron chi connectivity index (χ0n) is 12.0. The number of benzene rings is 1. The maximum absolute atomic E-state index is 6.17. The van der Waals surface area contributed by atoms with Crippen molar-refractivity contribution in [2.45, 2.75) is 44.5 Å². The molecule has 3 rings (SSSR count). The molecule has 20 heavy (non-hydrogen) atoms. The minimum absolute atomic E-state index is 0.524. The van der Waals surface area contributed by atoms with E-state index in [1.54, 1.807) is 0 Å². The van der Waals surface area contributed by atoms with Gasteiger partial charge in [-0.25, -0.2) is 4.98 Å². The monoisotopic (exact) mass is 288 g/mol. The fourth-order valence-corrected chi connectivity index (χ4v) is 3.28. The van der Waals surface area contributed by atoms with Crippen molar-refractivity contribution in [3.8, 4) is 0 Å². The minimum Gasteiger partial charge on any atom is -0.354 e. The average Bonchev–Trinajstić information content (AvgIpc) is 2.70. The molecule has 0 N–H and O–H groups in total. The van der Waals surface area contributed by atoms with E-state index in [-0.39, 0.29) is 0 Å². The quantitative estimate of drug-likeness (QED) is 0.742. The van der Waals surface area contributed by atoms with E-state index >= 15 is 0 Å². The third kappa shape index (κ3) is 2.62. The molecule has 2 aromatic rings. The number of alkyl halides is 1. The highest BCUT2D eigenvalue weighted by molar-refractivity contribution is 6.17. The summed E-state index contributed by atoms with van der Waals surface area (Å²) < 4.78 is 0. The summed E-state index contributed by atoms with van der Waals surface area (Å²) in [5, 5.41) is 1.18. The summed E-state index contributed by atoms with van der Waals surface area (Å²) in [5.74, 6) is 1.62. The van der Waals surface area contributed by atoms with Crippen molar-refractivity contribution >= 4 is 28.3 Å². The van der Waals surface area contributed by atoms with Gasteiger partial charge in [-0.15, -0.1) is 11.6 Å². The first-order valence-corrected chi connectivity index (χ1v) is 8.04. The Balaban J connectivity index is 2.08. The molecule has 1 saturated heterocycles. The second-order valence-corrected chi connectivity index (χ2v) is 5.96. The lowest BCUT2D eigenvalue weighted by Crippen LogP contribution is -2.34. The van der Waals surface area contributed by atoms with Gasteiger partial charge in [-0.2, -0.15) is 0 Å². The Hall–Kier alpha value is -1.28. The molecule has 0 bridgehead atoms. The van der Waals surface area contributed by atoms with Gasteiger partial charge in [0.25, 0.3) is 0 Å². The van der Waals surface area contributed by atoms with Crippen LogP contribution in [-0.2, 0) is 5.88 Å². The van der Waals surface area contributed by atoms with Crippen LogP contribution in [0, 0.1) is 0 Å². The summed E-state index contributed by atoms with van der Waals surface area (Å²) in [7, 11) is 0. The molecule has 0 spiro atoms. The molecule has 1 aliphatic heterocycles. The van der Waals surface area contributed by atoms with Gasteiger partial charge in [0.05, 0.1) is 11.4 Å². The van der Waals surface area contributed by atoms with Crippen molar-refractivity contribution in [2.75, 3.05) is 11.4 Å². The lowest BCUT2D eigenvalue weighted by Gasteiger charge is -2.30. The van der Waals surface area contributed by atoms with Crippen molar-refractivity contribution in [1.82, 2.24) is 4.98 Å². The largest absolute Gasteiger partial charge is 0.354 e. The predicted octanol–water partition coefficient (Wildman–Crippen LogP) is 4.74. The molecule has 1 atom stereocenters. The maximum Gasteiger partial charge on any atom is 0.133 e. The van der Waals surface area contributed by atoms with Gasteiger partial charge in [0.2, 0.25) is 0 Å². The van der Waals surface area contributed by atoms with Crippen LogP contribution in [0.15, 0.2) is 30.3 Å². The molecule has 0 aliphatic carbocycles. The standard InChI is InChI=1S/C17H21ClN2/c1-13-7-3-2-6-10-20(13)17-15(12-18)11-14-8-4-5-9-16(14)19-17/h4-5,8-9,11,13H,2-3,6-7,10,12H2,1H3. The van der Waals surface area contributed by atoms with E-state index in [4.69, 9.17) is 16.6 Å². The van der Waals surface area contributed by atoms with Crippen LogP contribution in [0.4, 0.5) is 5.82 Å². The Bertz CT molecular complexity index is 597. The summed E-state index contributed by atoms with van der Waals surface area (Å²) in [5.41, 5.74) is 2.21. The molecule has 1 aromatic carbocycles. The smallest absolute Gasteiger partial charge is 0.133 e. The highest BCUT2D eigenvalue weighted by atomic mass is 35.5. The number of anilines is 1. The third-order valence-electron chi connectivity index (χ3n) is 4.25. The number of pyridine rings is 1. The van der Waals surface area contributed by atoms with E-state index in [9.17, 15) is 0 Å². The Morgan fingerprint density at radius 2 is 2.10 bits per heavy atom. The van der Waals surface area contributed by atoms with Crippen LogP contribution in [0.3, 0.4) is 0 Å². The van der Waals surface area contributed by atoms with Crippen molar-refractivity contribution in [1.29, 1.82) is 0 Å². The van der Waals surface area contributed by atoms with Gasteiger partial charge < -0.3 is 4.90 Å². The molecule has 1 fully saturated rings. The molecule has 2 nitrogen and oxygen atoms in total. The molecule has 0 radical (unpaired) electrons. The number of hydrogen-bond donors (Lipinski definition) is 0. The van der Waals surface area contributed by atoms with E-state index in [0.29, 0.717) is 11.9 Å². The normalized spacial score (nSPS) is 20.1. The van der Waals surface area contributed by atoms with Crippen molar-refractivity contribution in [2.24, 2.45) is 0 Å². The first kappa shape index (κ1) is 13.7. The van der Waals surface area contributed by atoms with Crippen molar-refractivity contribution < 1.29 is 0 Å². The number of rotatable bonds is 2. The summed E-state index contributed by atoms with van der Waals surface area (Å²) in [6, 6.07) is 11.0. The molecule has 106 valence electrons. The van der Waals surface area contributed by atoms with Gasteiger partial charge in [-0.1, -0.05) is 31.0 Å². The molecule has 3 heteroatoms. The fraction of sp³-hybridized carbons (Fsp3) is 0.471. The lowest BCUT2D eigenvalue weighted by atomic mass is 10.1. The topological polar surface area (TPSA) is 16.1 Å². The Morgan fingerprint density at radius 3 is 2.95 bits per heavy atom. The molecule has 0 amide bonds. The fourth-order valence-electron chi connectivity index (χ4n) is 3.09. The number of halogens is 1. The van der Waals surface area contributed by atoms with Crippen molar-refractivity contribution in [3.05, 3.63) is 35.9 Å². The van der Waals surface area contributed by atoms with E-state index in [1.807, 2.05) is 6.07 Å². The average molecular weight is 289 g/mol. The van der Waals surface area contributed by atoms with Gasteiger partial charge in [0.15, 0.2) is 0 Å². The highest BCUT2D eigenvalue weighted by Crippen LogP contribution is 2.29. The lowest BCUT2D eigenvalue weighted by molar-refractivity contribution is 0.610. The molecular weight excluding hydrogens is 268 g/mol. The van der Waals surface area contributed by atoms with Crippen LogP contribution in [0.1, 0.15) is 38.2 Å². The van der Waals surface area contributed by atoms with Gasteiger partial charge in [0.1, 0.15) is 5.82 Å². The Morgan fingerprint density at radius 1 is 1.25 bits per heavy atom. The predicted molar refractivity (Wildman–Crippen MR) is 86.6 cm³/mol. The summed E-state index contributed by atoms with van der Waals surface area (Å²) in [6.07, 6.45) is 5.14. The van der Waals surface area contributed by atoms with E-state index in [0.717, 1.165) is 23.4 Å². The zero-order valence-corrected chi connectivity index (χ0v) is 12.7. The van der Waals surface area contributed by atoms with Crippen LogP contribution in [-0.4, -0.2) is 17.6 Å². The number of fused-ring (bicyclic) bond motifs is 1. The summed E-state index contributed by atoms with van der Waals surface area (Å²) in [6.45, 7) is 3.40. The van der Waals surface area contributed by atoms with Crippen LogP contribution in [0.25, 0.3) is 10.9 Å². The van der Waals surface area contributed by atoms with E-state index in [2.05, 4.69) is 36.1 Å². The first-order valence-electron chi connectivity index (χ1n) is 7.51. The van der Waals surface area contributed by atoms with Gasteiger partial charge in [-0.3, -0.25) is 0 Å². The minimum atomic E-state index is 0.524. The second-order valence-electron chi connectivity index (χ2n) is 5.69. The number of para-hydroxylation sites is 1. The van der Waals surface area contributed by atoms with Crippen LogP contribution < -0.4 is 4.90 Å². The Labute approximate surface area is 125 Å².